The van der Waals surface area contributed by atoms with Crippen LogP contribution in [0.2, 0.25) is 0 Å². The molecule has 1 heterocycles. The molecule has 0 atom stereocenters. The average molecular weight is 423 g/mol. The summed E-state index contributed by atoms with van der Waals surface area (Å²) >= 11 is 1.34. The zero-order chi connectivity index (χ0) is 21.5. The van der Waals surface area contributed by atoms with Crippen molar-refractivity contribution in [1.29, 1.82) is 0 Å². The second-order valence-electron chi connectivity index (χ2n) is 7.24. The van der Waals surface area contributed by atoms with Gasteiger partial charge in [-0.3, -0.25) is 9.59 Å². The predicted molar refractivity (Wildman–Crippen MR) is 121 cm³/mol. The number of aryl methyl sites for hydroxylation is 2. The zero-order valence-electron chi connectivity index (χ0n) is 17.5. The summed E-state index contributed by atoms with van der Waals surface area (Å²) in [6.07, 6.45) is 1.03. The number of anilines is 1. The highest BCUT2D eigenvalue weighted by Crippen LogP contribution is 2.26. The number of carbonyl (C=O) groups excluding carboxylic acids is 2. The van der Waals surface area contributed by atoms with E-state index in [1.54, 1.807) is 4.90 Å². The molecule has 6 nitrogen and oxygen atoms in total. The van der Waals surface area contributed by atoms with E-state index in [0.717, 1.165) is 28.1 Å². The van der Waals surface area contributed by atoms with Gasteiger partial charge in [0.1, 0.15) is 5.01 Å². The number of rotatable bonds is 8. The first-order valence-corrected chi connectivity index (χ1v) is 10.8. The summed E-state index contributed by atoms with van der Waals surface area (Å²) in [5.41, 5.74) is 3.87. The summed E-state index contributed by atoms with van der Waals surface area (Å²) in [5.74, 6) is -0.234. The summed E-state index contributed by atoms with van der Waals surface area (Å²) in [4.78, 5) is 26.9. The fraction of sp³-hybridized carbons (Fsp3) is 0.304. The maximum absolute atomic E-state index is 12.8. The Morgan fingerprint density at radius 2 is 1.77 bits per heavy atom. The van der Waals surface area contributed by atoms with Crippen molar-refractivity contribution in [3.8, 4) is 10.6 Å². The molecule has 0 spiro atoms. The van der Waals surface area contributed by atoms with Crippen molar-refractivity contribution in [3.63, 3.8) is 0 Å². The Labute approximate surface area is 181 Å². The lowest BCUT2D eigenvalue weighted by atomic mass is 10.1. The van der Waals surface area contributed by atoms with Gasteiger partial charge in [0.2, 0.25) is 11.0 Å². The van der Waals surface area contributed by atoms with Crippen LogP contribution in [-0.4, -0.2) is 40.0 Å². The van der Waals surface area contributed by atoms with Crippen molar-refractivity contribution in [2.24, 2.45) is 0 Å². The van der Waals surface area contributed by atoms with E-state index < -0.39 is 0 Å². The third-order valence-electron chi connectivity index (χ3n) is 4.62. The first-order chi connectivity index (χ1) is 14.5. The summed E-state index contributed by atoms with van der Waals surface area (Å²) in [5, 5.41) is 12.3. The van der Waals surface area contributed by atoms with E-state index >= 15 is 0 Å². The summed E-state index contributed by atoms with van der Waals surface area (Å²) < 4.78 is 0. The number of benzene rings is 2. The number of hydrogen-bond donors (Lipinski definition) is 1. The molecule has 0 radical (unpaired) electrons. The predicted octanol–water partition coefficient (Wildman–Crippen LogP) is 4.70. The summed E-state index contributed by atoms with van der Waals surface area (Å²) in [6, 6.07) is 15.5. The third-order valence-corrected chi connectivity index (χ3v) is 5.51. The highest BCUT2D eigenvalue weighted by atomic mass is 32.1. The van der Waals surface area contributed by atoms with Gasteiger partial charge in [-0.1, -0.05) is 59.7 Å². The van der Waals surface area contributed by atoms with Crippen LogP contribution >= 0.6 is 11.3 Å². The minimum absolute atomic E-state index is 0.0534. The van der Waals surface area contributed by atoms with Gasteiger partial charge in [0.25, 0.3) is 5.91 Å². The Kier molecular flexibility index (Phi) is 7.30. The van der Waals surface area contributed by atoms with Gasteiger partial charge < -0.3 is 10.2 Å². The SMILES string of the molecule is CCCN(CCC(=O)Nc1nnc(-c2cccc(C)c2)s1)C(=O)c1ccc(C)cc1. The average Bonchev–Trinajstić information content (AvgIpc) is 3.19. The Morgan fingerprint density at radius 3 is 2.47 bits per heavy atom. The van der Waals surface area contributed by atoms with E-state index in [9.17, 15) is 9.59 Å². The van der Waals surface area contributed by atoms with Crippen LogP contribution < -0.4 is 5.32 Å². The van der Waals surface area contributed by atoms with Crippen molar-refractivity contribution in [2.75, 3.05) is 18.4 Å². The van der Waals surface area contributed by atoms with Gasteiger partial charge in [-0.2, -0.15) is 0 Å². The van der Waals surface area contributed by atoms with Gasteiger partial charge in [-0.15, -0.1) is 10.2 Å². The van der Waals surface area contributed by atoms with Crippen molar-refractivity contribution in [1.82, 2.24) is 15.1 Å². The van der Waals surface area contributed by atoms with Crippen LogP contribution in [0.5, 0.6) is 0 Å². The van der Waals surface area contributed by atoms with E-state index in [-0.39, 0.29) is 18.2 Å². The summed E-state index contributed by atoms with van der Waals surface area (Å²) in [6.45, 7) is 6.99. The molecule has 30 heavy (non-hydrogen) atoms. The fourth-order valence-corrected chi connectivity index (χ4v) is 3.81. The fourth-order valence-electron chi connectivity index (χ4n) is 3.05. The number of nitrogens with one attached hydrogen (secondary N) is 1. The first kappa shape index (κ1) is 21.6. The van der Waals surface area contributed by atoms with E-state index in [1.807, 2.05) is 69.3 Å². The van der Waals surface area contributed by atoms with E-state index in [0.29, 0.717) is 23.8 Å². The summed E-state index contributed by atoms with van der Waals surface area (Å²) in [7, 11) is 0. The Hall–Kier alpha value is -3.06. The minimum Gasteiger partial charge on any atom is -0.338 e. The molecule has 0 aliphatic rings. The number of hydrogen-bond acceptors (Lipinski definition) is 5. The number of carbonyl (C=O) groups is 2. The van der Waals surface area contributed by atoms with Crippen LogP contribution in [0.15, 0.2) is 48.5 Å². The Morgan fingerprint density at radius 1 is 1.00 bits per heavy atom. The molecular formula is C23H26N4O2S. The molecule has 0 bridgehead atoms. The standard InChI is InChI=1S/C23H26N4O2S/c1-4-13-27(22(29)18-10-8-16(2)9-11-18)14-12-20(28)24-23-26-25-21(30-23)19-7-5-6-17(3)15-19/h5-11,15H,4,12-14H2,1-3H3,(H,24,26,28). The number of nitrogens with zero attached hydrogens (tertiary/aromatic N) is 3. The van der Waals surface area contributed by atoms with Crippen molar-refractivity contribution >= 4 is 28.3 Å². The van der Waals surface area contributed by atoms with E-state index in [1.165, 1.54) is 11.3 Å². The quantitative estimate of drug-likeness (QED) is 0.571. The monoisotopic (exact) mass is 422 g/mol. The van der Waals surface area contributed by atoms with Crippen LogP contribution in [-0.2, 0) is 4.79 Å². The maximum Gasteiger partial charge on any atom is 0.253 e. The van der Waals surface area contributed by atoms with Crippen LogP contribution in [0.1, 0.15) is 41.3 Å². The van der Waals surface area contributed by atoms with E-state index in [2.05, 4.69) is 15.5 Å². The molecule has 3 aromatic rings. The second kappa shape index (κ2) is 10.1. The van der Waals surface area contributed by atoms with Crippen molar-refractivity contribution < 1.29 is 9.59 Å². The molecule has 156 valence electrons. The highest BCUT2D eigenvalue weighted by Gasteiger charge is 2.17. The first-order valence-electron chi connectivity index (χ1n) is 10.0. The Balaban J connectivity index is 1.58. The van der Waals surface area contributed by atoms with Crippen molar-refractivity contribution in [3.05, 3.63) is 65.2 Å². The number of amides is 2. The van der Waals surface area contributed by atoms with Crippen LogP contribution in [0.4, 0.5) is 5.13 Å². The zero-order valence-corrected chi connectivity index (χ0v) is 18.3. The molecule has 7 heteroatoms. The maximum atomic E-state index is 12.8. The molecule has 1 aromatic heterocycles. The molecule has 0 unspecified atom stereocenters. The third kappa shape index (κ3) is 5.73. The molecule has 0 saturated heterocycles. The second-order valence-corrected chi connectivity index (χ2v) is 8.22. The minimum atomic E-state index is -0.181. The van der Waals surface area contributed by atoms with E-state index in [4.69, 9.17) is 0 Å². The lowest BCUT2D eigenvalue weighted by molar-refractivity contribution is -0.116. The lowest BCUT2D eigenvalue weighted by Gasteiger charge is -2.22. The van der Waals surface area contributed by atoms with Gasteiger partial charge in [-0.05, 0) is 38.5 Å². The molecule has 1 N–H and O–H groups in total. The number of aromatic nitrogens is 2. The lowest BCUT2D eigenvalue weighted by Crippen LogP contribution is -2.34. The smallest absolute Gasteiger partial charge is 0.253 e. The van der Waals surface area contributed by atoms with Gasteiger partial charge in [0.05, 0.1) is 0 Å². The van der Waals surface area contributed by atoms with Crippen molar-refractivity contribution in [2.45, 2.75) is 33.6 Å². The Bertz CT molecular complexity index is 1010. The molecule has 2 aromatic carbocycles. The molecule has 0 aliphatic heterocycles. The molecule has 0 fully saturated rings. The largest absolute Gasteiger partial charge is 0.338 e. The molecule has 0 saturated carbocycles. The molecule has 3 rings (SSSR count). The highest BCUT2D eigenvalue weighted by molar-refractivity contribution is 7.18. The van der Waals surface area contributed by atoms with Gasteiger partial charge in [0, 0.05) is 30.6 Å². The van der Waals surface area contributed by atoms with Crippen LogP contribution in [0.25, 0.3) is 10.6 Å². The molecule has 2 amide bonds. The topological polar surface area (TPSA) is 75.2 Å². The van der Waals surface area contributed by atoms with Gasteiger partial charge in [-0.25, -0.2) is 0 Å². The molecular weight excluding hydrogens is 396 g/mol. The normalized spacial score (nSPS) is 10.6. The molecule has 0 aliphatic carbocycles. The van der Waals surface area contributed by atoms with Crippen LogP contribution in [0.3, 0.4) is 0 Å². The van der Waals surface area contributed by atoms with Crippen LogP contribution in [0, 0.1) is 13.8 Å². The van der Waals surface area contributed by atoms with Gasteiger partial charge in [0.15, 0.2) is 0 Å². The van der Waals surface area contributed by atoms with Gasteiger partial charge >= 0.3 is 0 Å².